The first kappa shape index (κ1) is 19.6. The maximum Gasteiger partial charge on any atom is 0.340 e. The first-order chi connectivity index (χ1) is 13.7. The van der Waals surface area contributed by atoms with E-state index in [-0.39, 0.29) is 0 Å². The zero-order valence-electron chi connectivity index (χ0n) is 15.4. The molecule has 144 valence electrons. The van der Waals surface area contributed by atoms with Crippen LogP contribution in [0.2, 0.25) is 5.02 Å². The normalized spacial score (nSPS) is 10.4. The lowest BCUT2D eigenvalue weighted by molar-refractivity contribution is 0.0527. The lowest BCUT2D eigenvalue weighted by atomic mass is 10.1. The molecule has 0 saturated carbocycles. The predicted molar refractivity (Wildman–Crippen MR) is 109 cm³/mol. The Kier molecular flexibility index (Phi) is 6.75. The van der Waals surface area contributed by atoms with Crippen molar-refractivity contribution >= 4 is 35.0 Å². The molecule has 0 aliphatic rings. The molecular formula is C20H20ClN5O2. The third-order valence-corrected chi connectivity index (χ3v) is 4.11. The summed E-state index contributed by atoms with van der Waals surface area (Å²) >= 11 is 5.89. The van der Waals surface area contributed by atoms with Gasteiger partial charge in [0, 0.05) is 11.6 Å². The Bertz CT molecular complexity index is 934. The van der Waals surface area contributed by atoms with Gasteiger partial charge in [-0.25, -0.2) is 4.79 Å². The van der Waals surface area contributed by atoms with Crippen LogP contribution in [-0.2, 0) is 11.2 Å². The van der Waals surface area contributed by atoms with Crippen molar-refractivity contribution in [1.29, 1.82) is 0 Å². The van der Waals surface area contributed by atoms with Crippen molar-refractivity contribution in [2.75, 3.05) is 23.8 Å². The van der Waals surface area contributed by atoms with Crippen molar-refractivity contribution in [2.24, 2.45) is 0 Å². The van der Waals surface area contributed by atoms with E-state index in [1.165, 1.54) is 6.20 Å². The van der Waals surface area contributed by atoms with E-state index in [2.05, 4.69) is 25.8 Å². The van der Waals surface area contributed by atoms with Crippen LogP contribution in [-0.4, -0.2) is 34.3 Å². The molecule has 2 aromatic carbocycles. The van der Waals surface area contributed by atoms with Crippen molar-refractivity contribution in [3.63, 3.8) is 0 Å². The first-order valence-electron chi connectivity index (χ1n) is 8.87. The fourth-order valence-electron chi connectivity index (χ4n) is 2.53. The predicted octanol–water partition coefficient (Wildman–Crippen LogP) is 4.10. The quantitative estimate of drug-likeness (QED) is 0.553. The van der Waals surface area contributed by atoms with Gasteiger partial charge < -0.3 is 15.4 Å². The van der Waals surface area contributed by atoms with E-state index in [4.69, 9.17) is 16.3 Å². The number of halogens is 1. The number of nitrogens with zero attached hydrogens (tertiary/aromatic N) is 3. The largest absolute Gasteiger partial charge is 0.462 e. The summed E-state index contributed by atoms with van der Waals surface area (Å²) in [5.41, 5.74) is 2.18. The summed E-state index contributed by atoms with van der Waals surface area (Å²) in [6.45, 7) is 2.72. The molecule has 0 aliphatic carbocycles. The van der Waals surface area contributed by atoms with Crippen molar-refractivity contribution in [3.05, 3.63) is 70.9 Å². The highest BCUT2D eigenvalue weighted by atomic mass is 35.5. The lowest BCUT2D eigenvalue weighted by Gasteiger charge is -2.11. The van der Waals surface area contributed by atoms with Gasteiger partial charge in [-0.05, 0) is 43.2 Å². The number of para-hydroxylation sites is 1. The fourth-order valence-corrected chi connectivity index (χ4v) is 2.65. The number of anilines is 3. The van der Waals surface area contributed by atoms with Gasteiger partial charge in [0.1, 0.15) is 0 Å². The van der Waals surface area contributed by atoms with Crippen LogP contribution in [0, 0.1) is 0 Å². The topological polar surface area (TPSA) is 89.0 Å². The molecule has 0 unspecified atom stereocenters. The van der Waals surface area contributed by atoms with E-state index in [1.54, 1.807) is 25.1 Å². The molecule has 1 heterocycles. The molecule has 3 aromatic rings. The Morgan fingerprint density at radius 2 is 1.93 bits per heavy atom. The molecular weight excluding hydrogens is 378 g/mol. The first-order valence-corrected chi connectivity index (χ1v) is 9.24. The highest BCUT2D eigenvalue weighted by molar-refractivity contribution is 6.30. The van der Waals surface area contributed by atoms with E-state index in [0.717, 1.165) is 12.0 Å². The number of carbonyl (C=O) groups excluding carboxylic acids is 1. The average Bonchev–Trinajstić information content (AvgIpc) is 2.70. The van der Waals surface area contributed by atoms with Gasteiger partial charge >= 0.3 is 5.97 Å². The zero-order valence-corrected chi connectivity index (χ0v) is 16.1. The average molecular weight is 398 g/mol. The summed E-state index contributed by atoms with van der Waals surface area (Å²) in [7, 11) is 0. The number of rotatable bonds is 8. The second-order valence-electron chi connectivity index (χ2n) is 5.86. The molecule has 0 amide bonds. The highest BCUT2D eigenvalue weighted by Crippen LogP contribution is 2.20. The van der Waals surface area contributed by atoms with E-state index < -0.39 is 5.97 Å². The van der Waals surface area contributed by atoms with Crippen LogP contribution in [0.5, 0.6) is 0 Å². The van der Waals surface area contributed by atoms with Gasteiger partial charge in [-0.2, -0.15) is 10.1 Å². The van der Waals surface area contributed by atoms with E-state index in [9.17, 15) is 4.79 Å². The summed E-state index contributed by atoms with van der Waals surface area (Å²) in [4.78, 5) is 16.5. The molecule has 0 spiro atoms. The van der Waals surface area contributed by atoms with Crippen LogP contribution in [0.4, 0.5) is 17.5 Å². The van der Waals surface area contributed by atoms with E-state index >= 15 is 0 Å². The van der Waals surface area contributed by atoms with Gasteiger partial charge in [-0.1, -0.05) is 35.9 Å². The number of aromatic nitrogens is 3. The number of nitrogens with one attached hydrogen (secondary N) is 2. The summed E-state index contributed by atoms with van der Waals surface area (Å²) in [6, 6.07) is 14.8. The summed E-state index contributed by atoms with van der Waals surface area (Å²) in [5, 5.41) is 14.9. The molecule has 1 aromatic heterocycles. The van der Waals surface area contributed by atoms with Gasteiger partial charge in [0.25, 0.3) is 0 Å². The maximum absolute atomic E-state index is 12.1. The number of esters is 1. The van der Waals surface area contributed by atoms with Gasteiger partial charge in [0.2, 0.25) is 5.95 Å². The number of ether oxygens (including phenoxy) is 1. The molecule has 3 rings (SSSR count). The van der Waals surface area contributed by atoms with Crippen LogP contribution in [0.3, 0.4) is 0 Å². The summed E-state index contributed by atoms with van der Waals surface area (Å²) < 4.78 is 5.08. The Hall–Kier alpha value is -3.19. The number of carbonyl (C=O) groups is 1. The zero-order chi connectivity index (χ0) is 19.8. The number of hydrogen-bond acceptors (Lipinski definition) is 7. The smallest absolute Gasteiger partial charge is 0.340 e. The Morgan fingerprint density at radius 3 is 2.71 bits per heavy atom. The molecule has 7 nitrogen and oxygen atoms in total. The standard InChI is InChI=1S/C20H20ClN5O2/c1-2-28-19(27)16-5-3-4-6-17(16)24-18-13-23-26-20(25-18)22-12-11-14-7-9-15(21)10-8-14/h3-10,13H,2,11-12H2,1H3,(H2,22,24,25,26). The fraction of sp³-hybridized carbons (Fsp3) is 0.200. The van der Waals surface area contributed by atoms with Crippen LogP contribution >= 0.6 is 11.6 Å². The molecule has 28 heavy (non-hydrogen) atoms. The third kappa shape index (κ3) is 5.40. The van der Waals surface area contributed by atoms with Crippen LogP contribution in [0.25, 0.3) is 0 Å². The molecule has 8 heteroatoms. The molecule has 0 radical (unpaired) electrons. The molecule has 0 bridgehead atoms. The lowest BCUT2D eigenvalue weighted by Crippen LogP contribution is -2.11. The molecule has 0 atom stereocenters. The molecule has 0 fully saturated rings. The second kappa shape index (κ2) is 9.66. The third-order valence-electron chi connectivity index (χ3n) is 3.85. The highest BCUT2D eigenvalue weighted by Gasteiger charge is 2.12. The molecule has 0 saturated heterocycles. The summed E-state index contributed by atoms with van der Waals surface area (Å²) in [5.74, 6) is 0.474. The summed E-state index contributed by atoms with van der Waals surface area (Å²) in [6.07, 6.45) is 2.29. The Labute approximate surface area is 168 Å². The van der Waals surface area contributed by atoms with Crippen molar-refractivity contribution in [1.82, 2.24) is 15.2 Å². The van der Waals surface area contributed by atoms with Gasteiger partial charge in [0.15, 0.2) is 5.82 Å². The van der Waals surface area contributed by atoms with Gasteiger partial charge in [-0.15, -0.1) is 5.10 Å². The molecule has 0 aliphatic heterocycles. The Balaban J connectivity index is 1.64. The van der Waals surface area contributed by atoms with Crippen molar-refractivity contribution in [2.45, 2.75) is 13.3 Å². The maximum atomic E-state index is 12.1. The minimum Gasteiger partial charge on any atom is -0.462 e. The Morgan fingerprint density at radius 1 is 1.14 bits per heavy atom. The monoisotopic (exact) mass is 397 g/mol. The minimum atomic E-state index is -0.395. The SMILES string of the molecule is CCOC(=O)c1ccccc1Nc1cnnc(NCCc2ccc(Cl)cc2)n1. The molecule has 2 N–H and O–H groups in total. The van der Waals surface area contributed by atoms with Crippen LogP contribution in [0.1, 0.15) is 22.8 Å². The van der Waals surface area contributed by atoms with Crippen molar-refractivity contribution < 1.29 is 9.53 Å². The second-order valence-corrected chi connectivity index (χ2v) is 6.30. The minimum absolute atomic E-state index is 0.309. The van der Waals surface area contributed by atoms with Crippen LogP contribution in [0.15, 0.2) is 54.7 Å². The van der Waals surface area contributed by atoms with Gasteiger partial charge in [0.05, 0.1) is 24.1 Å². The van der Waals surface area contributed by atoms with Crippen LogP contribution < -0.4 is 10.6 Å². The van der Waals surface area contributed by atoms with E-state index in [1.807, 2.05) is 30.3 Å². The number of benzene rings is 2. The van der Waals surface area contributed by atoms with Gasteiger partial charge in [-0.3, -0.25) is 0 Å². The van der Waals surface area contributed by atoms with E-state index in [0.29, 0.717) is 41.2 Å². The van der Waals surface area contributed by atoms with Crippen molar-refractivity contribution in [3.8, 4) is 0 Å². The number of hydrogen-bond donors (Lipinski definition) is 2.